The first kappa shape index (κ1) is 18.5. The van der Waals surface area contributed by atoms with Crippen LogP contribution in [0.2, 0.25) is 0 Å². The van der Waals surface area contributed by atoms with Crippen molar-refractivity contribution in [3.63, 3.8) is 0 Å². The van der Waals surface area contributed by atoms with Crippen molar-refractivity contribution in [3.05, 3.63) is 35.9 Å². The van der Waals surface area contributed by atoms with Crippen molar-refractivity contribution in [2.24, 2.45) is 11.8 Å². The van der Waals surface area contributed by atoms with E-state index in [1.165, 1.54) is 5.56 Å². The molecule has 1 aromatic carbocycles. The molecule has 0 fully saturated rings. The molecule has 0 spiro atoms. The Balaban J connectivity index is 2.66. The molecule has 0 unspecified atom stereocenters. The van der Waals surface area contributed by atoms with Gasteiger partial charge in [-0.15, -0.1) is 0 Å². The van der Waals surface area contributed by atoms with Crippen LogP contribution in [0.25, 0.3) is 0 Å². The Morgan fingerprint density at radius 3 is 2.27 bits per heavy atom. The van der Waals surface area contributed by atoms with E-state index in [2.05, 4.69) is 38.1 Å². The van der Waals surface area contributed by atoms with Crippen molar-refractivity contribution >= 4 is 6.09 Å². The molecule has 0 bridgehead atoms. The summed E-state index contributed by atoms with van der Waals surface area (Å²) in [6.07, 6.45) is 1.85. The fourth-order valence-electron chi connectivity index (χ4n) is 2.64. The van der Waals surface area contributed by atoms with Crippen LogP contribution in [0.1, 0.15) is 46.6 Å². The van der Waals surface area contributed by atoms with Gasteiger partial charge in [-0.3, -0.25) is 0 Å². The van der Waals surface area contributed by atoms with E-state index in [1.807, 2.05) is 33.9 Å². The van der Waals surface area contributed by atoms with Crippen molar-refractivity contribution in [3.8, 4) is 0 Å². The van der Waals surface area contributed by atoms with Crippen molar-refractivity contribution < 1.29 is 9.53 Å². The monoisotopic (exact) mass is 305 g/mol. The number of amides is 1. The average Bonchev–Trinajstić information content (AvgIpc) is 2.36. The smallest absolute Gasteiger partial charge is 0.410 e. The number of nitrogens with zero attached hydrogens (tertiary/aromatic N) is 1. The van der Waals surface area contributed by atoms with Gasteiger partial charge in [0, 0.05) is 13.6 Å². The number of carbonyl (C=O) groups is 1. The lowest BCUT2D eigenvalue weighted by Gasteiger charge is -2.28. The van der Waals surface area contributed by atoms with E-state index in [0.29, 0.717) is 11.8 Å². The molecule has 1 atom stereocenters. The standard InChI is InChI=1S/C19H31NO2/c1-15(2)12-17(13-16-10-8-7-9-11-16)14-20(6)18(21)22-19(3,4)5/h7-11,15,17H,12-14H2,1-6H3/t17-/m1/s1. The number of ether oxygens (including phenoxy) is 1. The summed E-state index contributed by atoms with van der Waals surface area (Å²) in [5.41, 5.74) is 0.879. The van der Waals surface area contributed by atoms with Gasteiger partial charge >= 0.3 is 6.09 Å². The minimum atomic E-state index is -0.446. The molecule has 22 heavy (non-hydrogen) atoms. The van der Waals surface area contributed by atoms with Crippen LogP contribution in [0.4, 0.5) is 4.79 Å². The van der Waals surface area contributed by atoms with Crippen LogP contribution in [0.15, 0.2) is 30.3 Å². The van der Waals surface area contributed by atoms with E-state index in [1.54, 1.807) is 4.90 Å². The van der Waals surface area contributed by atoms with Gasteiger partial charge in [-0.25, -0.2) is 4.79 Å². The van der Waals surface area contributed by atoms with Crippen LogP contribution in [0.5, 0.6) is 0 Å². The SMILES string of the molecule is CC(C)C[C@H](Cc1ccccc1)CN(C)C(=O)OC(C)(C)C. The summed E-state index contributed by atoms with van der Waals surface area (Å²) in [6.45, 7) is 10.9. The highest BCUT2D eigenvalue weighted by molar-refractivity contribution is 5.67. The number of hydrogen-bond acceptors (Lipinski definition) is 2. The fourth-order valence-corrected chi connectivity index (χ4v) is 2.64. The number of hydrogen-bond donors (Lipinski definition) is 0. The molecule has 3 nitrogen and oxygen atoms in total. The molecule has 124 valence electrons. The number of benzene rings is 1. The molecule has 0 aliphatic rings. The third-order valence-corrected chi connectivity index (χ3v) is 3.41. The van der Waals surface area contributed by atoms with E-state index < -0.39 is 5.60 Å². The summed E-state index contributed by atoms with van der Waals surface area (Å²) in [6, 6.07) is 10.5. The molecular weight excluding hydrogens is 274 g/mol. The fraction of sp³-hybridized carbons (Fsp3) is 0.632. The van der Waals surface area contributed by atoms with E-state index in [0.717, 1.165) is 19.4 Å². The second-order valence-electron chi connectivity index (χ2n) is 7.55. The third-order valence-electron chi connectivity index (χ3n) is 3.41. The lowest BCUT2D eigenvalue weighted by atomic mass is 9.90. The van der Waals surface area contributed by atoms with Crippen LogP contribution < -0.4 is 0 Å². The summed E-state index contributed by atoms with van der Waals surface area (Å²) in [7, 11) is 1.83. The molecule has 1 rings (SSSR count). The summed E-state index contributed by atoms with van der Waals surface area (Å²) in [5.74, 6) is 1.06. The second kappa shape index (κ2) is 8.21. The summed E-state index contributed by atoms with van der Waals surface area (Å²) in [5, 5.41) is 0. The topological polar surface area (TPSA) is 29.5 Å². The van der Waals surface area contributed by atoms with Gasteiger partial charge in [-0.2, -0.15) is 0 Å². The second-order valence-corrected chi connectivity index (χ2v) is 7.55. The minimum absolute atomic E-state index is 0.241. The van der Waals surface area contributed by atoms with Crippen LogP contribution in [-0.2, 0) is 11.2 Å². The van der Waals surface area contributed by atoms with Gasteiger partial charge in [0.15, 0.2) is 0 Å². The molecule has 0 aliphatic heterocycles. The molecule has 0 N–H and O–H groups in total. The normalized spacial score (nSPS) is 13.0. The molecule has 0 saturated carbocycles. The molecule has 3 heteroatoms. The lowest BCUT2D eigenvalue weighted by Crippen LogP contribution is -2.37. The minimum Gasteiger partial charge on any atom is -0.444 e. The maximum absolute atomic E-state index is 12.1. The Kier molecular flexibility index (Phi) is 6.92. The zero-order chi connectivity index (χ0) is 16.8. The molecule has 1 aromatic rings. The Labute approximate surface area is 135 Å². The van der Waals surface area contributed by atoms with E-state index in [9.17, 15) is 4.79 Å². The van der Waals surface area contributed by atoms with Crippen molar-refractivity contribution in [1.29, 1.82) is 0 Å². The third kappa shape index (κ3) is 7.48. The first-order valence-electron chi connectivity index (χ1n) is 8.15. The predicted molar refractivity (Wildman–Crippen MR) is 92.0 cm³/mol. The van der Waals surface area contributed by atoms with Crippen LogP contribution in [0, 0.1) is 11.8 Å². The molecule has 0 saturated heterocycles. The highest BCUT2D eigenvalue weighted by atomic mass is 16.6. The predicted octanol–water partition coefficient (Wildman–Crippen LogP) is 4.76. The molecule has 0 heterocycles. The molecule has 0 radical (unpaired) electrons. The van der Waals surface area contributed by atoms with Gasteiger partial charge in [0.2, 0.25) is 0 Å². The Bertz CT molecular complexity index is 448. The van der Waals surface area contributed by atoms with Crippen molar-refractivity contribution in [2.75, 3.05) is 13.6 Å². The first-order chi connectivity index (χ1) is 10.2. The largest absolute Gasteiger partial charge is 0.444 e. The molecular formula is C19H31NO2. The molecule has 1 amide bonds. The molecule has 0 aromatic heterocycles. The zero-order valence-corrected chi connectivity index (χ0v) is 14.9. The number of carbonyl (C=O) groups excluding carboxylic acids is 1. The van der Waals surface area contributed by atoms with Gasteiger partial charge in [0.25, 0.3) is 0 Å². The Morgan fingerprint density at radius 1 is 1.18 bits per heavy atom. The van der Waals surface area contributed by atoms with E-state index in [-0.39, 0.29) is 6.09 Å². The first-order valence-corrected chi connectivity index (χ1v) is 8.15. The highest BCUT2D eigenvalue weighted by Crippen LogP contribution is 2.19. The zero-order valence-electron chi connectivity index (χ0n) is 14.9. The highest BCUT2D eigenvalue weighted by Gasteiger charge is 2.22. The van der Waals surface area contributed by atoms with Gasteiger partial charge in [0.1, 0.15) is 5.60 Å². The van der Waals surface area contributed by atoms with Crippen LogP contribution >= 0.6 is 0 Å². The van der Waals surface area contributed by atoms with Gasteiger partial charge < -0.3 is 9.64 Å². The van der Waals surface area contributed by atoms with Crippen molar-refractivity contribution in [2.45, 2.75) is 53.1 Å². The van der Waals surface area contributed by atoms with Crippen LogP contribution in [0.3, 0.4) is 0 Å². The maximum Gasteiger partial charge on any atom is 0.410 e. The van der Waals surface area contributed by atoms with Gasteiger partial charge in [0.05, 0.1) is 0 Å². The summed E-state index contributed by atoms with van der Waals surface area (Å²) in [4.78, 5) is 13.8. The van der Waals surface area contributed by atoms with Gasteiger partial charge in [-0.05, 0) is 51.0 Å². The quantitative estimate of drug-likeness (QED) is 0.758. The lowest BCUT2D eigenvalue weighted by molar-refractivity contribution is 0.0267. The van der Waals surface area contributed by atoms with Gasteiger partial charge in [-0.1, -0.05) is 44.2 Å². The number of rotatable bonds is 6. The Morgan fingerprint density at radius 2 is 1.77 bits per heavy atom. The van der Waals surface area contributed by atoms with Crippen LogP contribution in [-0.4, -0.2) is 30.2 Å². The van der Waals surface area contributed by atoms with Crippen molar-refractivity contribution in [1.82, 2.24) is 4.90 Å². The summed E-state index contributed by atoms with van der Waals surface area (Å²) < 4.78 is 5.44. The molecule has 0 aliphatic carbocycles. The van der Waals surface area contributed by atoms with E-state index >= 15 is 0 Å². The van der Waals surface area contributed by atoms with E-state index in [4.69, 9.17) is 4.74 Å². The maximum atomic E-state index is 12.1. The summed E-state index contributed by atoms with van der Waals surface area (Å²) >= 11 is 0. The average molecular weight is 305 g/mol. The Hall–Kier alpha value is -1.51.